The van der Waals surface area contributed by atoms with Crippen LogP contribution in [0.25, 0.3) is 0 Å². The summed E-state index contributed by atoms with van der Waals surface area (Å²) in [7, 11) is 0. The van der Waals surface area contributed by atoms with Crippen LogP contribution in [-0.4, -0.2) is 18.3 Å². The van der Waals surface area contributed by atoms with E-state index < -0.39 is 5.91 Å². The largest absolute Gasteiger partial charge is 0.360 e. The van der Waals surface area contributed by atoms with E-state index in [2.05, 4.69) is 26.6 Å². The molecule has 0 aliphatic heterocycles. The zero-order chi connectivity index (χ0) is 15.0. The van der Waals surface area contributed by atoms with Gasteiger partial charge in [0.05, 0.1) is 0 Å². The molecule has 4 nitrogen and oxygen atoms in total. The van der Waals surface area contributed by atoms with E-state index in [4.69, 9.17) is 16.9 Å². The van der Waals surface area contributed by atoms with Crippen molar-refractivity contribution in [3.05, 3.63) is 40.0 Å². The first kappa shape index (κ1) is 16.5. The third-order valence-corrected chi connectivity index (χ3v) is 3.66. The number of carbonyl (C=O) groups is 1. The Kier molecular flexibility index (Phi) is 7.13. The molecule has 0 atom stereocenters. The van der Waals surface area contributed by atoms with E-state index in [0.717, 1.165) is 15.7 Å². The van der Waals surface area contributed by atoms with Gasteiger partial charge in [0.25, 0.3) is 5.91 Å². The molecule has 0 bridgehead atoms. The Hall–Kier alpha value is -1.51. The van der Waals surface area contributed by atoms with Crippen LogP contribution in [0, 0.1) is 18.3 Å². The van der Waals surface area contributed by atoms with Gasteiger partial charge in [0.15, 0.2) is 0 Å². The van der Waals surface area contributed by atoms with Crippen LogP contribution in [0.4, 0.5) is 5.69 Å². The summed E-state index contributed by atoms with van der Waals surface area (Å²) in [5.41, 5.74) is 1.90. The summed E-state index contributed by atoms with van der Waals surface area (Å²) in [5.74, 6) is 0.0708. The first-order valence-electron chi connectivity index (χ1n) is 6.05. The van der Waals surface area contributed by atoms with Gasteiger partial charge in [-0.2, -0.15) is 5.26 Å². The van der Waals surface area contributed by atoms with Crippen LogP contribution in [0.5, 0.6) is 0 Å². The summed E-state index contributed by atoms with van der Waals surface area (Å²) in [6.07, 6.45) is 2.07. The van der Waals surface area contributed by atoms with Crippen molar-refractivity contribution in [2.24, 2.45) is 0 Å². The minimum Gasteiger partial charge on any atom is -0.360 e. The fraction of sp³-hybridized carbons (Fsp3) is 0.286. The summed E-state index contributed by atoms with van der Waals surface area (Å²) >= 11 is 8.93. The van der Waals surface area contributed by atoms with E-state index in [1.165, 1.54) is 6.20 Å². The van der Waals surface area contributed by atoms with Crippen molar-refractivity contribution < 1.29 is 4.79 Å². The average molecular weight is 357 g/mol. The van der Waals surface area contributed by atoms with Gasteiger partial charge in [0.2, 0.25) is 0 Å². The first-order valence-corrected chi connectivity index (χ1v) is 7.38. The number of hydrogen-bond acceptors (Lipinski definition) is 3. The number of nitriles is 1. The van der Waals surface area contributed by atoms with Crippen LogP contribution in [0.2, 0.25) is 0 Å². The SMILES string of the molecule is Cc1cc(N/C=C(/C#N)C(=O)NCCCCl)ccc1Br. The summed E-state index contributed by atoms with van der Waals surface area (Å²) in [4.78, 5) is 11.7. The molecule has 106 valence electrons. The highest BCUT2D eigenvalue weighted by Crippen LogP contribution is 2.20. The van der Waals surface area contributed by atoms with E-state index >= 15 is 0 Å². The zero-order valence-corrected chi connectivity index (χ0v) is 13.4. The van der Waals surface area contributed by atoms with Gasteiger partial charge in [-0.15, -0.1) is 11.6 Å². The first-order chi connectivity index (χ1) is 9.58. The molecule has 1 aromatic rings. The van der Waals surface area contributed by atoms with Crippen molar-refractivity contribution in [2.45, 2.75) is 13.3 Å². The smallest absolute Gasteiger partial charge is 0.263 e. The Morgan fingerprint density at radius 1 is 1.55 bits per heavy atom. The molecule has 2 N–H and O–H groups in total. The van der Waals surface area contributed by atoms with Crippen LogP contribution >= 0.6 is 27.5 Å². The average Bonchev–Trinajstić information content (AvgIpc) is 2.43. The third kappa shape index (κ3) is 5.24. The number of alkyl halides is 1. The predicted octanol–water partition coefficient (Wildman–Crippen LogP) is 3.32. The quantitative estimate of drug-likeness (QED) is 0.356. The highest BCUT2D eigenvalue weighted by Gasteiger charge is 2.07. The predicted molar refractivity (Wildman–Crippen MR) is 84.5 cm³/mol. The van der Waals surface area contributed by atoms with Crippen LogP contribution in [-0.2, 0) is 4.79 Å². The van der Waals surface area contributed by atoms with Crippen LogP contribution < -0.4 is 10.6 Å². The standard InChI is InChI=1S/C14H15BrClN3O/c1-10-7-12(3-4-13(10)15)19-9-11(8-17)14(20)18-6-2-5-16/h3-4,7,9,19H,2,5-6H2,1H3,(H,18,20)/b11-9-. The second-order valence-electron chi connectivity index (χ2n) is 4.08. The minimum absolute atomic E-state index is 0.0279. The topological polar surface area (TPSA) is 64.9 Å². The number of carbonyl (C=O) groups excluding carboxylic acids is 1. The lowest BCUT2D eigenvalue weighted by atomic mass is 10.2. The van der Waals surface area contributed by atoms with Crippen molar-refractivity contribution in [3.8, 4) is 6.07 Å². The second kappa shape index (κ2) is 8.62. The monoisotopic (exact) mass is 355 g/mol. The van der Waals surface area contributed by atoms with Gasteiger partial charge in [-0.25, -0.2) is 0 Å². The molecule has 6 heteroatoms. The fourth-order valence-corrected chi connectivity index (χ4v) is 1.78. The van der Waals surface area contributed by atoms with E-state index in [1.807, 2.05) is 31.2 Å². The molecule has 0 aromatic heterocycles. The molecule has 20 heavy (non-hydrogen) atoms. The number of aryl methyl sites for hydroxylation is 1. The molecule has 0 heterocycles. The fourth-order valence-electron chi connectivity index (χ4n) is 1.40. The molecule has 1 amide bonds. The second-order valence-corrected chi connectivity index (χ2v) is 5.31. The number of hydrogen-bond donors (Lipinski definition) is 2. The van der Waals surface area contributed by atoms with E-state index in [-0.39, 0.29) is 5.57 Å². The van der Waals surface area contributed by atoms with Gasteiger partial charge in [0, 0.05) is 28.8 Å². The normalized spacial score (nSPS) is 10.8. The number of rotatable bonds is 6. The molecule has 0 saturated carbocycles. The van der Waals surface area contributed by atoms with Crippen molar-refractivity contribution >= 4 is 39.1 Å². The molecule has 0 spiro atoms. The molecule has 0 aliphatic carbocycles. The molecule has 0 saturated heterocycles. The van der Waals surface area contributed by atoms with Gasteiger partial charge in [0.1, 0.15) is 11.6 Å². The molecule has 0 fully saturated rings. The van der Waals surface area contributed by atoms with E-state index in [0.29, 0.717) is 18.8 Å². The van der Waals surface area contributed by atoms with Crippen LogP contribution in [0.3, 0.4) is 0 Å². The highest BCUT2D eigenvalue weighted by molar-refractivity contribution is 9.10. The number of anilines is 1. The Bertz CT molecular complexity index is 552. The van der Waals surface area contributed by atoms with Crippen LogP contribution in [0.15, 0.2) is 34.4 Å². The lowest BCUT2D eigenvalue weighted by molar-refractivity contribution is -0.117. The molecule has 0 aliphatic rings. The number of nitrogens with one attached hydrogen (secondary N) is 2. The molecular weight excluding hydrogens is 342 g/mol. The lowest BCUT2D eigenvalue weighted by Gasteiger charge is -2.06. The Balaban J connectivity index is 2.67. The van der Waals surface area contributed by atoms with E-state index in [1.54, 1.807) is 0 Å². The Morgan fingerprint density at radius 2 is 2.30 bits per heavy atom. The number of amides is 1. The molecule has 0 radical (unpaired) electrons. The van der Waals surface area contributed by atoms with Crippen molar-refractivity contribution in [2.75, 3.05) is 17.7 Å². The summed E-state index contributed by atoms with van der Waals surface area (Å²) in [6, 6.07) is 7.54. The van der Waals surface area contributed by atoms with Gasteiger partial charge in [-0.1, -0.05) is 15.9 Å². The van der Waals surface area contributed by atoms with Crippen molar-refractivity contribution in [1.82, 2.24) is 5.32 Å². The Labute approximate surface area is 131 Å². The van der Waals surface area contributed by atoms with Gasteiger partial charge in [-0.05, 0) is 37.1 Å². The third-order valence-electron chi connectivity index (χ3n) is 2.50. The maximum atomic E-state index is 11.7. The molecule has 1 aromatic carbocycles. The maximum absolute atomic E-state index is 11.7. The minimum atomic E-state index is -0.404. The van der Waals surface area contributed by atoms with Crippen molar-refractivity contribution in [3.63, 3.8) is 0 Å². The highest BCUT2D eigenvalue weighted by atomic mass is 79.9. The molecule has 1 rings (SSSR count). The van der Waals surface area contributed by atoms with Gasteiger partial charge < -0.3 is 10.6 Å². The number of benzene rings is 1. The molecule has 0 unspecified atom stereocenters. The van der Waals surface area contributed by atoms with Gasteiger partial charge >= 0.3 is 0 Å². The number of halogens is 2. The summed E-state index contributed by atoms with van der Waals surface area (Å²) in [5, 5.41) is 14.5. The van der Waals surface area contributed by atoms with Gasteiger partial charge in [-0.3, -0.25) is 4.79 Å². The summed E-state index contributed by atoms with van der Waals surface area (Å²) in [6.45, 7) is 2.42. The lowest BCUT2D eigenvalue weighted by Crippen LogP contribution is -2.26. The Morgan fingerprint density at radius 3 is 2.90 bits per heavy atom. The van der Waals surface area contributed by atoms with E-state index in [9.17, 15) is 4.79 Å². The van der Waals surface area contributed by atoms with Crippen LogP contribution in [0.1, 0.15) is 12.0 Å². The van der Waals surface area contributed by atoms with Crippen molar-refractivity contribution in [1.29, 1.82) is 5.26 Å². The zero-order valence-electron chi connectivity index (χ0n) is 11.0. The number of nitrogens with zero attached hydrogens (tertiary/aromatic N) is 1. The summed E-state index contributed by atoms with van der Waals surface area (Å²) < 4.78 is 1.01. The molecular formula is C14H15BrClN3O. The maximum Gasteiger partial charge on any atom is 0.263 e.